The molecule has 5 nitrogen and oxygen atoms in total. The van der Waals surface area contributed by atoms with Crippen molar-refractivity contribution in [1.29, 1.82) is 0 Å². The topological polar surface area (TPSA) is 51.0 Å². The summed E-state index contributed by atoms with van der Waals surface area (Å²) >= 11 is 0. The molecule has 0 saturated heterocycles. The first kappa shape index (κ1) is 18.2. The third-order valence-corrected chi connectivity index (χ3v) is 5.05. The second-order valence-electron chi connectivity index (χ2n) is 7.34. The lowest BCUT2D eigenvalue weighted by Crippen LogP contribution is -2.33. The summed E-state index contributed by atoms with van der Waals surface area (Å²) in [5, 5.41) is 4.20. The lowest BCUT2D eigenvalue weighted by Gasteiger charge is -2.16. The molecule has 1 aromatic heterocycles. The number of aryl methyl sites for hydroxylation is 1. The van der Waals surface area contributed by atoms with Crippen LogP contribution in [-0.2, 0) is 10.2 Å². The van der Waals surface area contributed by atoms with E-state index in [2.05, 4.69) is 10.1 Å². The highest BCUT2D eigenvalue weighted by molar-refractivity contribution is 6.07. The van der Waals surface area contributed by atoms with Crippen molar-refractivity contribution in [3.63, 3.8) is 0 Å². The van der Waals surface area contributed by atoms with Gasteiger partial charge in [-0.15, -0.1) is 0 Å². The van der Waals surface area contributed by atoms with Gasteiger partial charge >= 0.3 is 0 Å². The zero-order valence-corrected chi connectivity index (χ0v) is 15.7. The maximum Gasteiger partial charge on any atom is 0.236 e. The van der Waals surface area contributed by atoms with Gasteiger partial charge in [-0.1, -0.05) is 0 Å². The Bertz CT molecular complexity index is 1110. The van der Waals surface area contributed by atoms with Gasteiger partial charge in [0.2, 0.25) is 5.91 Å². The van der Waals surface area contributed by atoms with Crippen LogP contribution >= 0.6 is 0 Å². The van der Waals surface area contributed by atoms with Crippen molar-refractivity contribution in [3.05, 3.63) is 59.2 Å². The molecule has 0 saturated carbocycles. The number of halogens is 3. The molecular formula is C20H17F3N4O. The van der Waals surface area contributed by atoms with Crippen molar-refractivity contribution in [2.75, 3.05) is 11.9 Å². The Kier molecular flexibility index (Phi) is 3.85. The summed E-state index contributed by atoms with van der Waals surface area (Å²) in [6.45, 7) is 5.31. The molecule has 2 aromatic carbocycles. The minimum absolute atomic E-state index is 0.0138. The van der Waals surface area contributed by atoms with Gasteiger partial charge in [-0.3, -0.25) is 4.79 Å². The van der Waals surface area contributed by atoms with Gasteiger partial charge in [-0.25, -0.2) is 22.8 Å². The van der Waals surface area contributed by atoms with E-state index in [1.54, 1.807) is 31.0 Å². The molecule has 28 heavy (non-hydrogen) atoms. The third kappa shape index (κ3) is 2.51. The Morgan fingerprint density at radius 2 is 1.68 bits per heavy atom. The third-order valence-electron chi connectivity index (χ3n) is 5.05. The van der Waals surface area contributed by atoms with E-state index in [1.165, 1.54) is 4.68 Å². The molecule has 1 aliphatic heterocycles. The zero-order chi connectivity index (χ0) is 20.4. The van der Waals surface area contributed by atoms with Gasteiger partial charge in [0.25, 0.3) is 0 Å². The first-order valence-corrected chi connectivity index (χ1v) is 8.63. The Labute approximate surface area is 159 Å². The number of anilines is 1. The number of nitrogens with zero attached hydrogens (tertiary/aromatic N) is 4. The Morgan fingerprint density at radius 3 is 2.32 bits per heavy atom. The van der Waals surface area contributed by atoms with Crippen LogP contribution < -0.4 is 4.90 Å². The molecule has 0 spiro atoms. The van der Waals surface area contributed by atoms with Crippen molar-refractivity contribution in [3.8, 4) is 17.1 Å². The predicted molar refractivity (Wildman–Crippen MR) is 97.8 cm³/mol. The van der Waals surface area contributed by atoms with Crippen LogP contribution in [-0.4, -0.2) is 27.7 Å². The van der Waals surface area contributed by atoms with Crippen LogP contribution in [0.1, 0.15) is 25.2 Å². The number of rotatable bonds is 2. The first-order valence-electron chi connectivity index (χ1n) is 8.63. The second kappa shape index (κ2) is 5.92. The molecule has 144 valence electrons. The predicted octanol–water partition coefficient (Wildman–Crippen LogP) is 3.91. The highest BCUT2D eigenvalue weighted by Crippen LogP contribution is 2.42. The molecule has 0 aliphatic carbocycles. The van der Waals surface area contributed by atoms with Crippen molar-refractivity contribution in [2.24, 2.45) is 0 Å². The van der Waals surface area contributed by atoms with Crippen molar-refractivity contribution in [2.45, 2.75) is 26.2 Å². The summed E-state index contributed by atoms with van der Waals surface area (Å²) < 4.78 is 42.0. The molecule has 0 bridgehead atoms. The van der Waals surface area contributed by atoms with E-state index in [-0.39, 0.29) is 11.6 Å². The SMILES string of the molecule is Cc1nc(-c2ccc3c(c2)C(C)(C)C(=O)N3C)n(-c2cc(F)c(F)c(F)c2)n1. The number of hydrogen-bond donors (Lipinski definition) is 0. The molecular weight excluding hydrogens is 369 g/mol. The van der Waals surface area contributed by atoms with E-state index in [4.69, 9.17) is 0 Å². The van der Waals surface area contributed by atoms with Crippen LogP contribution in [0.25, 0.3) is 17.1 Å². The fourth-order valence-corrected chi connectivity index (χ4v) is 3.56. The van der Waals surface area contributed by atoms with Crippen LogP contribution in [0.2, 0.25) is 0 Å². The molecule has 2 heterocycles. The van der Waals surface area contributed by atoms with E-state index in [0.29, 0.717) is 17.2 Å². The number of benzene rings is 2. The normalized spacial score (nSPS) is 15.2. The lowest BCUT2D eigenvalue weighted by atomic mass is 9.85. The van der Waals surface area contributed by atoms with Gasteiger partial charge in [-0.2, -0.15) is 5.10 Å². The average Bonchev–Trinajstić information content (AvgIpc) is 3.12. The summed E-state index contributed by atoms with van der Waals surface area (Å²) in [6.07, 6.45) is 0. The van der Waals surface area contributed by atoms with Crippen LogP contribution in [0.4, 0.5) is 18.9 Å². The standard InChI is InChI=1S/C20H17F3N4O/c1-10-24-18(27(25-10)12-8-14(21)17(23)15(22)9-12)11-5-6-16-13(7-11)20(2,3)19(28)26(16)4/h5-9H,1-4H3. The van der Waals surface area contributed by atoms with E-state index in [0.717, 1.165) is 23.4 Å². The monoisotopic (exact) mass is 386 g/mol. The molecule has 0 unspecified atom stereocenters. The molecule has 8 heteroatoms. The van der Waals surface area contributed by atoms with Gasteiger partial charge in [0.15, 0.2) is 23.3 Å². The van der Waals surface area contributed by atoms with Gasteiger partial charge in [0.05, 0.1) is 11.1 Å². The maximum atomic E-state index is 13.7. The number of carbonyl (C=O) groups is 1. The number of fused-ring (bicyclic) bond motifs is 1. The quantitative estimate of drug-likeness (QED) is 0.628. The largest absolute Gasteiger partial charge is 0.314 e. The summed E-state index contributed by atoms with van der Waals surface area (Å²) in [5.74, 6) is -3.47. The van der Waals surface area contributed by atoms with Crippen LogP contribution in [0, 0.1) is 24.4 Å². The lowest BCUT2D eigenvalue weighted by molar-refractivity contribution is -0.121. The summed E-state index contributed by atoms with van der Waals surface area (Å²) in [5.41, 5.74) is 1.54. The van der Waals surface area contributed by atoms with Crippen LogP contribution in [0.3, 0.4) is 0 Å². The van der Waals surface area contributed by atoms with Crippen molar-refractivity contribution >= 4 is 11.6 Å². The molecule has 3 aromatic rings. The summed E-state index contributed by atoms with van der Waals surface area (Å²) in [6, 6.07) is 7.12. The van der Waals surface area contributed by atoms with E-state index in [1.807, 2.05) is 19.9 Å². The number of amides is 1. The molecule has 1 amide bonds. The minimum atomic E-state index is -1.54. The fraction of sp³-hybridized carbons (Fsp3) is 0.250. The van der Waals surface area contributed by atoms with Crippen LogP contribution in [0.15, 0.2) is 30.3 Å². The number of likely N-dealkylation sites (N-methyl/N-ethyl adjacent to an activating group) is 1. The fourth-order valence-electron chi connectivity index (χ4n) is 3.56. The maximum absolute atomic E-state index is 13.7. The minimum Gasteiger partial charge on any atom is -0.314 e. The van der Waals surface area contributed by atoms with Gasteiger partial charge in [0.1, 0.15) is 5.82 Å². The molecule has 0 radical (unpaired) electrons. The van der Waals surface area contributed by atoms with E-state index < -0.39 is 22.9 Å². The molecule has 0 fully saturated rings. The highest BCUT2D eigenvalue weighted by atomic mass is 19.2. The Morgan fingerprint density at radius 1 is 1.04 bits per heavy atom. The molecule has 0 atom stereocenters. The van der Waals surface area contributed by atoms with Gasteiger partial charge < -0.3 is 4.90 Å². The Balaban J connectivity index is 1.90. The number of carbonyl (C=O) groups excluding carboxylic acids is 1. The molecule has 4 rings (SSSR count). The van der Waals surface area contributed by atoms with Crippen molar-refractivity contribution < 1.29 is 18.0 Å². The molecule has 1 aliphatic rings. The zero-order valence-electron chi connectivity index (χ0n) is 15.7. The summed E-state index contributed by atoms with van der Waals surface area (Å²) in [4.78, 5) is 18.5. The smallest absolute Gasteiger partial charge is 0.236 e. The number of aromatic nitrogens is 3. The van der Waals surface area contributed by atoms with Gasteiger partial charge in [-0.05, 0) is 44.5 Å². The second-order valence-corrected chi connectivity index (χ2v) is 7.34. The Hall–Kier alpha value is -3.16. The number of hydrogen-bond acceptors (Lipinski definition) is 3. The van der Waals surface area contributed by atoms with Crippen LogP contribution in [0.5, 0.6) is 0 Å². The van der Waals surface area contributed by atoms with Crippen molar-refractivity contribution in [1.82, 2.24) is 14.8 Å². The molecule has 0 N–H and O–H groups in total. The van der Waals surface area contributed by atoms with E-state index >= 15 is 0 Å². The van der Waals surface area contributed by atoms with E-state index in [9.17, 15) is 18.0 Å². The first-order chi connectivity index (χ1) is 13.1. The highest BCUT2D eigenvalue weighted by Gasteiger charge is 2.42. The van der Waals surface area contributed by atoms with Gasteiger partial charge in [0, 0.05) is 30.4 Å². The summed E-state index contributed by atoms with van der Waals surface area (Å²) in [7, 11) is 1.71. The average molecular weight is 386 g/mol.